The molecule has 29 heavy (non-hydrogen) atoms. The maximum atomic E-state index is 13.1. The molecular formula is C18H12F3N3O5. The first-order chi connectivity index (χ1) is 13.8. The number of esters is 1. The van der Waals surface area contributed by atoms with E-state index >= 15 is 0 Å². The molecule has 3 rings (SSSR count). The average molecular weight is 407 g/mol. The highest BCUT2D eigenvalue weighted by Crippen LogP contribution is 2.15. The maximum Gasteiger partial charge on any atom is 0.437 e. The number of hydrogen-bond donors (Lipinski definition) is 1. The van der Waals surface area contributed by atoms with Gasteiger partial charge in [0.1, 0.15) is 12.4 Å². The predicted octanol–water partition coefficient (Wildman–Crippen LogP) is 2.10. The summed E-state index contributed by atoms with van der Waals surface area (Å²) in [7, 11) is 0. The van der Waals surface area contributed by atoms with E-state index in [9.17, 15) is 27.6 Å². The Morgan fingerprint density at radius 1 is 1.07 bits per heavy atom. The molecule has 0 aliphatic carbocycles. The minimum atomic E-state index is -1.15. The van der Waals surface area contributed by atoms with Gasteiger partial charge in [-0.25, -0.2) is 18.0 Å². The monoisotopic (exact) mass is 407 g/mol. The molecule has 8 nitrogen and oxygen atoms in total. The number of hydrogen-bond acceptors (Lipinski definition) is 6. The first-order valence-electron chi connectivity index (χ1n) is 8.06. The van der Waals surface area contributed by atoms with E-state index in [4.69, 9.17) is 9.15 Å². The number of carbonyl (C=O) groups excluding carboxylic acids is 2. The fraction of sp³-hybridized carbons (Fsp3) is 0.111. The summed E-state index contributed by atoms with van der Waals surface area (Å²) in [5, 5.41) is 6.01. The first-order valence-corrected chi connectivity index (χ1v) is 8.06. The van der Waals surface area contributed by atoms with Crippen molar-refractivity contribution >= 4 is 17.6 Å². The molecule has 0 saturated heterocycles. The van der Waals surface area contributed by atoms with Crippen molar-refractivity contribution in [2.45, 2.75) is 6.54 Å². The number of benzene rings is 2. The van der Waals surface area contributed by atoms with E-state index in [0.717, 1.165) is 30.3 Å². The van der Waals surface area contributed by atoms with Gasteiger partial charge >= 0.3 is 11.7 Å². The van der Waals surface area contributed by atoms with Gasteiger partial charge in [0.15, 0.2) is 18.2 Å². The van der Waals surface area contributed by atoms with E-state index in [-0.39, 0.29) is 11.6 Å². The number of nitrogens with zero attached hydrogens (tertiary/aromatic N) is 2. The molecule has 0 bridgehead atoms. The zero-order valence-electron chi connectivity index (χ0n) is 14.5. The third-order valence-corrected chi connectivity index (χ3v) is 3.54. The Hall–Kier alpha value is -3.89. The summed E-state index contributed by atoms with van der Waals surface area (Å²) < 4.78 is 49.1. The molecule has 2 aromatic carbocycles. The minimum absolute atomic E-state index is 0.0263. The number of ether oxygens (including phenoxy) is 1. The molecule has 0 spiro atoms. The highest BCUT2D eigenvalue weighted by atomic mass is 19.2. The lowest BCUT2D eigenvalue weighted by Gasteiger charge is -2.06. The summed E-state index contributed by atoms with van der Waals surface area (Å²) in [4.78, 5) is 35.3. The number of carbonyl (C=O) groups is 2. The average Bonchev–Trinajstić information content (AvgIpc) is 3.04. The maximum absolute atomic E-state index is 13.1. The topological polar surface area (TPSA) is 103 Å². The van der Waals surface area contributed by atoms with Crippen molar-refractivity contribution in [3.8, 4) is 11.5 Å². The largest absolute Gasteiger partial charge is 0.454 e. The highest BCUT2D eigenvalue weighted by Gasteiger charge is 2.15. The number of aromatic nitrogens is 2. The summed E-state index contributed by atoms with van der Waals surface area (Å²) in [5.41, 5.74) is 0.295. The number of halogens is 3. The van der Waals surface area contributed by atoms with Crippen LogP contribution in [0.3, 0.4) is 0 Å². The van der Waals surface area contributed by atoms with Crippen LogP contribution in [0.5, 0.6) is 0 Å². The van der Waals surface area contributed by atoms with Gasteiger partial charge in [-0.05, 0) is 36.4 Å². The molecule has 150 valence electrons. The molecule has 0 unspecified atom stereocenters. The lowest BCUT2D eigenvalue weighted by Crippen LogP contribution is -2.26. The van der Waals surface area contributed by atoms with E-state index in [1.54, 1.807) is 0 Å². The van der Waals surface area contributed by atoms with Crippen LogP contribution in [0.15, 0.2) is 51.7 Å². The number of rotatable bonds is 6. The zero-order valence-corrected chi connectivity index (χ0v) is 14.5. The van der Waals surface area contributed by atoms with Gasteiger partial charge < -0.3 is 14.5 Å². The Labute approximate surface area is 160 Å². The Morgan fingerprint density at radius 3 is 2.48 bits per heavy atom. The molecule has 0 radical (unpaired) electrons. The SMILES string of the molecule is O=C(COC(=O)Cn1nc(-c2ccc(F)cc2)oc1=O)Nc1ccc(F)c(F)c1. The third-order valence-electron chi connectivity index (χ3n) is 3.54. The lowest BCUT2D eigenvalue weighted by atomic mass is 10.2. The summed E-state index contributed by atoms with van der Waals surface area (Å²) in [6.07, 6.45) is 0. The Kier molecular flexibility index (Phi) is 5.77. The van der Waals surface area contributed by atoms with Crippen LogP contribution in [0.4, 0.5) is 18.9 Å². The molecule has 0 fully saturated rings. The van der Waals surface area contributed by atoms with Gasteiger partial charge in [-0.1, -0.05) is 0 Å². The fourth-order valence-electron chi connectivity index (χ4n) is 2.20. The Bertz CT molecular complexity index is 1110. The molecule has 0 aliphatic rings. The van der Waals surface area contributed by atoms with Crippen molar-refractivity contribution in [1.82, 2.24) is 9.78 Å². The third kappa shape index (κ3) is 5.09. The molecule has 1 heterocycles. The van der Waals surface area contributed by atoms with Crippen LogP contribution in [-0.2, 0) is 20.9 Å². The van der Waals surface area contributed by atoms with Crippen LogP contribution in [0.2, 0.25) is 0 Å². The van der Waals surface area contributed by atoms with Crippen LogP contribution >= 0.6 is 0 Å². The number of nitrogens with one attached hydrogen (secondary N) is 1. The van der Waals surface area contributed by atoms with E-state index in [0.29, 0.717) is 10.2 Å². The molecule has 3 aromatic rings. The van der Waals surface area contributed by atoms with Gasteiger partial charge in [-0.3, -0.25) is 9.59 Å². The number of anilines is 1. The van der Waals surface area contributed by atoms with Crippen LogP contribution in [0.25, 0.3) is 11.5 Å². The quantitative estimate of drug-likeness (QED) is 0.628. The minimum Gasteiger partial charge on any atom is -0.454 e. The summed E-state index contributed by atoms with van der Waals surface area (Å²) in [6.45, 7) is -1.36. The number of amides is 1. The van der Waals surface area contributed by atoms with Gasteiger partial charge in [0.05, 0.1) is 0 Å². The van der Waals surface area contributed by atoms with Crippen molar-refractivity contribution in [3.63, 3.8) is 0 Å². The molecular weight excluding hydrogens is 395 g/mol. The van der Waals surface area contributed by atoms with Gasteiger partial charge in [-0.15, -0.1) is 5.10 Å². The lowest BCUT2D eigenvalue weighted by molar-refractivity contribution is -0.148. The van der Waals surface area contributed by atoms with Crippen molar-refractivity contribution in [2.24, 2.45) is 0 Å². The Balaban J connectivity index is 1.55. The normalized spacial score (nSPS) is 10.6. The van der Waals surface area contributed by atoms with Crippen molar-refractivity contribution in [1.29, 1.82) is 0 Å². The van der Waals surface area contributed by atoms with Crippen LogP contribution in [0, 0.1) is 17.5 Å². The van der Waals surface area contributed by atoms with Crippen molar-refractivity contribution in [3.05, 3.63) is 70.5 Å². The van der Waals surface area contributed by atoms with Crippen LogP contribution in [-0.4, -0.2) is 28.3 Å². The van der Waals surface area contributed by atoms with E-state index in [2.05, 4.69) is 10.4 Å². The fourth-order valence-corrected chi connectivity index (χ4v) is 2.20. The molecule has 1 amide bonds. The van der Waals surface area contributed by atoms with Crippen molar-refractivity contribution in [2.75, 3.05) is 11.9 Å². The van der Waals surface area contributed by atoms with Gasteiger partial charge in [0.2, 0.25) is 5.89 Å². The van der Waals surface area contributed by atoms with E-state index in [1.807, 2.05) is 0 Å². The summed E-state index contributed by atoms with van der Waals surface area (Å²) in [5.74, 6) is -5.56. The first kappa shape index (κ1) is 19.9. The summed E-state index contributed by atoms with van der Waals surface area (Å²) in [6, 6.07) is 7.69. The Morgan fingerprint density at radius 2 is 1.79 bits per heavy atom. The zero-order chi connectivity index (χ0) is 21.0. The smallest absolute Gasteiger partial charge is 0.437 e. The summed E-state index contributed by atoms with van der Waals surface area (Å²) >= 11 is 0. The van der Waals surface area contributed by atoms with Crippen LogP contribution < -0.4 is 11.1 Å². The molecule has 0 saturated carbocycles. The van der Waals surface area contributed by atoms with Crippen molar-refractivity contribution < 1.29 is 31.9 Å². The van der Waals surface area contributed by atoms with E-state index in [1.165, 1.54) is 12.1 Å². The standard InChI is InChI=1S/C18H12F3N3O5/c19-11-3-1-10(2-4-11)17-23-24(18(27)29-17)8-16(26)28-9-15(25)22-12-5-6-13(20)14(21)7-12/h1-7H,8-9H2,(H,22,25). The second-order valence-electron chi connectivity index (χ2n) is 5.68. The predicted molar refractivity (Wildman–Crippen MR) is 92.1 cm³/mol. The molecule has 0 aliphatic heterocycles. The molecule has 1 N–H and O–H groups in total. The molecule has 11 heteroatoms. The molecule has 1 aromatic heterocycles. The van der Waals surface area contributed by atoms with E-state index < -0.39 is 48.2 Å². The van der Waals surface area contributed by atoms with Gasteiger partial charge in [-0.2, -0.15) is 4.68 Å². The second kappa shape index (κ2) is 8.42. The van der Waals surface area contributed by atoms with Crippen LogP contribution in [0.1, 0.15) is 0 Å². The second-order valence-corrected chi connectivity index (χ2v) is 5.68. The van der Waals surface area contributed by atoms with Gasteiger partial charge in [0.25, 0.3) is 5.91 Å². The highest BCUT2D eigenvalue weighted by molar-refractivity contribution is 5.92. The van der Waals surface area contributed by atoms with Gasteiger partial charge in [0, 0.05) is 17.3 Å². The molecule has 0 atom stereocenters.